The lowest BCUT2D eigenvalue weighted by atomic mass is 10.1. The molecule has 0 aromatic carbocycles. The predicted molar refractivity (Wildman–Crippen MR) is 106 cm³/mol. The minimum Gasteiger partial charge on any atom is -0.466 e. The Morgan fingerprint density at radius 2 is 2.15 bits per heavy atom. The molecular formula is C17H21ClN6O2S. The molecule has 0 radical (unpaired) electrons. The highest BCUT2D eigenvalue weighted by atomic mass is 35.5. The molecule has 144 valence electrons. The number of aromatic nitrogens is 4. The fourth-order valence-corrected chi connectivity index (χ4v) is 3.84. The first kappa shape index (κ1) is 19.5. The monoisotopic (exact) mass is 408 g/mol. The molecule has 27 heavy (non-hydrogen) atoms. The molecule has 0 atom stereocenters. The Hall–Kier alpha value is -2.23. The van der Waals surface area contributed by atoms with Crippen molar-refractivity contribution in [1.29, 1.82) is 0 Å². The number of halogens is 1. The molecule has 3 aromatic heterocycles. The van der Waals surface area contributed by atoms with Gasteiger partial charge in [0.05, 0.1) is 17.9 Å². The van der Waals surface area contributed by atoms with E-state index in [0.717, 1.165) is 48.7 Å². The van der Waals surface area contributed by atoms with E-state index in [2.05, 4.69) is 25.9 Å². The first-order valence-corrected chi connectivity index (χ1v) is 9.45. The molecule has 10 heteroatoms. The fraction of sp³-hybridized carbons (Fsp3) is 0.412. The molecule has 1 aliphatic rings. The van der Waals surface area contributed by atoms with E-state index in [1.807, 2.05) is 25.3 Å². The smallest absolute Gasteiger partial charge is 0.279 e. The van der Waals surface area contributed by atoms with Crippen molar-refractivity contribution in [2.24, 2.45) is 0 Å². The molecule has 1 saturated heterocycles. The molecule has 1 aliphatic heterocycles. The number of carbonyl (C=O) groups excluding carboxylic acids is 1. The van der Waals surface area contributed by atoms with Gasteiger partial charge in [-0.1, -0.05) is 5.21 Å². The Morgan fingerprint density at radius 1 is 1.37 bits per heavy atom. The minimum atomic E-state index is -0.300. The molecule has 0 saturated carbocycles. The summed E-state index contributed by atoms with van der Waals surface area (Å²) >= 11 is 1.37. The van der Waals surface area contributed by atoms with Crippen LogP contribution in [0.3, 0.4) is 0 Å². The number of nitrogens with zero attached hydrogens (tertiary/aromatic N) is 4. The van der Waals surface area contributed by atoms with Crippen LogP contribution in [0.4, 0.5) is 5.13 Å². The third kappa shape index (κ3) is 4.20. The number of amides is 1. The van der Waals surface area contributed by atoms with Gasteiger partial charge in [-0.05, 0) is 45.8 Å². The van der Waals surface area contributed by atoms with Gasteiger partial charge in [0, 0.05) is 10.9 Å². The van der Waals surface area contributed by atoms with Crippen LogP contribution in [0.15, 0.2) is 22.1 Å². The molecule has 2 N–H and O–H groups in total. The van der Waals surface area contributed by atoms with Gasteiger partial charge in [0.2, 0.25) is 0 Å². The zero-order valence-electron chi connectivity index (χ0n) is 15.1. The Bertz CT molecular complexity index is 928. The average molecular weight is 409 g/mol. The zero-order chi connectivity index (χ0) is 18.1. The molecular weight excluding hydrogens is 388 g/mol. The number of hydrogen-bond acceptors (Lipinski definition) is 7. The van der Waals surface area contributed by atoms with Gasteiger partial charge in [-0.3, -0.25) is 10.1 Å². The SMILES string of the molecule is Cc1cc(-c2csc(NC(=O)c3cn(C4CCNCC4)nn3)n2)c(C)o1.Cl. The summed E-state index contributed by atoms with van der Waals surface area (Å²) < 4.78 is 7.33. The lowest BCUT2D eigenvalue weighted by Crippen LogP contribution is -2.29. The van der Waals surface area contributed by atoms with Crippen molar-refractivity contribution in [2.75, 3.05) is 18.4 Å². The third-order valence-corrected chi connectivity index (χ3v) is 5.23. The van der Waals surface area contributed by atoms with Gasteiger partial charge < -0.3 is 9.73 Å². The number of nitrogens with one attached hydrogen (secondary N) is 2. The quantitative estimate of drug-likeness (QED) is 0.687. The predicted octanol–water partition coefficient (Wildman–Crippen LogP) is 3.21. The highest BCUT2D eigenvalue weighted by molar-refractivity contribution is 7.14. The maximum atomic E-state index is 12.4. The molecule has 3 aromatic rings. The number of furan rings is 1. The van der Waals surface area contributed by atoms with Crippen LogP contribution in [-0.2, 0) is 0 Å². The van der Waals surface area contributed by atoms with Crippen molar-refractivity contribution in [3.8, 4) is 11.3 Å². The largest absolute Gasteiger partial charge is 0.466 e. The van der Waals surface area contributed by atoms with Crippen molar-refractivity contribution in [1.82, 2.24) is 25.3 Å². The maximum absolute atomic E-state index is 12.4. The summed E-state index contributed by atoms with van der Waals surface area (Å²) in [6, 6.07) is 2.24. The number of hydrogen-bond donors (Lipinski definition) is 2. The molecule has 4 heterocycles. The van der Waals surface area contributed by atoms with Gasteiger partial charge in [-0.15, -0.1) is 28.8 Å². The van der Waals surface area contributed by atoms with Crippen LogP contribution in [0.5, 0.6) is 0 Å². The van der Waals surface area contributed by atoms with Crippen molar-refractivity contribution in [3.63, 3.8) is 0 Å². The normalized spacial score (nSPS) is 14.7. The summed E-state index contributed by atoms with van der Waals surface area (Å²) in [7, 11) is 0. The summed E-state index contributed by atoms with van der Waals surface area (Å²) in [5, 5.41) is 16.7. The Balaban J connectivity index is 0.00000210. The van der Waals surface area contributed by atoms with E-state index in [0.29, 0.717) is 16.9 Å². The van der Waals surface area contributed by atoms with E-state index in [9.17, 15) is 4.79 Å². The van der Waals surface area contributed by atoms with Gasteiger partial charge >= 0.3 is 0 Å². The Morgan fingerprint density at radius 3 is 2.85 bits per heavy atom. The van der Waals surface area contributed by atoms with Crippen molar-refractivity contribution in [3.05, 3.63) is 34.9 Å². The van der Waals surface area contributed by atoms with Gasteiger partial charge in [0.25, 0.3) is 5.91 Å². The number of carbonyl (C=O) groups is 1. The van der Waals surface area contributed by atoms with Crippen LogP contribution in [0, 0.1) is 13.8 Å². The first-order chi connectivity index (χ1) is 12.6. The van der Waals surface area contributed by atoms with Gasteiger partial charge in [-0.25, -0.2) is 9.67 Å². The highest BCUT2D eigenvalue weighted by Gasteiger charge is 2.19. The van der Waals surface area contributed by atoms with Crippen molar-refractivity contribution < 1.29 is 9.21 Å². The lowest BCUT2D eigenvalue weighted by molar-refractivity contribution is 0.102. The van der Waals surface area contributed by atoms with E-state index in [1.54, 1.807) is 10.9 Å². The third-order valence-electron chi connectivity index (χ3n) is 4.47. The topological polar surface area (TPSA) is 97.9 Å². The van der Waals surface area contributed by atoms with Crippen LogP contribution < -0.4 is 10.6 Å². The number of rotatable bonds is 4. The molecule has 0 spiro atoms. The number of anilines is 1. The molecule has 1 amide bonds. The van der Waals surface area contributed by atoms with E-state index in [4.69, 9.17) is 4.42 Å². The highest BCUT2D eigenvalue weighted by Crippen LogP contribution is 2.29. The van der Waals surface area contributed by atoms with Crippen LogP contribution in [0.25, 0.3) is 11.3 Å². The molecule has 1 fully saturated rings. The van der Waals surface area contributed by atoms with Gasteiger partial charge in [0.1, 0.15) is 11.5 Å². The van der Waals surface area contributed by atoms with Gasteiger partial charge in [-0.2, -0.15) is 0 Å². The summed E-state index contributed by atoms with van der Waals surface area (Å²) in [6.07, 6.45) is 3.69. The van der Waals surface area contributed by atoms with Crippen LogP contribution in [0.2, 0.25) is 0 Å². The Labute approximate surface area is 166 Å². The first-order valence-electron chi connectivity index (χ1n) is 8.57. The van der Waals surface area contributed by atoms with Crippen molar-refractivity contribution >= 4 is 34.8 Å². The van der Waals surface area contributed by atoms with E-state index in [1.165, 1.54) is 11.3 Å². The summed E-state index contributed by atoms with van der Waals surface area (Å²) in [5.74, 6) is 1.35. The van der Waals surface area contributed by atoms with E-state index >= 15 is 0 Å². The van der Waals surface area contributed by atoms with Crippen LogP contribution in [0.1, 0.15) is 40.9 Å². The summed E-state index contributed by atoms with van der Waals surface area (Å²) in [6.45, 7) is 5.72. The zero-order valence-corrected chi connectivity index (χ0v) is 16.7. The molecule has 0 aliphatic carbocycles. The summed E-state index contributed by atoms with van der Waals surface area (Å²) in [5.41, 5.74) is 2.03. The van der Waals surface area contributed by atoms with Crippen LogP contribution in [-0.4, -0.2) is 39.0 Å². The maximum Gasteiger partial charge on any atom is 0.279 e. The lowest BCUT2D eigenvalue weighted by Gasteiger charge is -2.21. The summed E-state index contributed by atoms with van der Waals surface area (Å²) in [4.78, 5) is 16.9. The molecule has 8 nitrogen and oxygen atoms in total. The molecule has 0 bridgehead atoms. The van der Waals surface area contributed by atoms with E-state index < -0.39 is 0 Å². The van der Waals surface area contributed by atoms with Gasteiger partial charge in [0.15, 0.2) is 10.8 Å². The average Bonchev–Trinajstić information content (AvgIpc) is 3.35. The second kappa shape index (κ2) is 8.20. The Kier molecular flexibility index (Phi) is 5.93. The minimum absolute atomic E-state index is 0. The van der Waals surface area contributed by atoms with Crippen molar-refractivity contribution in [2.45, 2.75) is 32.7 Å². The standard InChI is InChI=1S/C17H20N6O2S.ClH/c1-10-7-13(11(2)25-10)15-9-26-17(19-15)20-16(24)14-8-23(22-21-14)12-3-5-18-6-4-12;/h7-9,12,18H,3-6H2,1-2H3,(H,19,20,24);1H. The van der Waals surface area contributed by atoms with E-state index in [-0.39, 0.29) is 18.3 Å². The van der Waals surface area contributed by atoms with Crippen LogP contribution >= 0.6 is 23.7 Å². The second-order valence-electron chi connectivity index (χ2n) is 6.38. The second-order valence-corrected chi connectivity index (χ2v) is 7.24. The molecule has 0 unspecified atom stereocenters. The molecule has 4 rings (SSSR count). The fourth-order valence-electron chi connectivity index (χ4n) is 3.13. The number of thiazole rings is 1. The number of aryl methyl sites for hydroxylation is 2. The number of piperidine rings is 1.